The second-order valence-electron chi connectivity index (χ2n) is 2.80. The van der Waals surface area contributed by atoms with Crippen LogP contribution in [0.2, 0.25) is 0 Å². The molecule has 0 radical (unpaired) electrons. The second kappa shape index (κ2) is 3.88. The molecule has 0 aliphatic heterocycles. The molecule has 1 rings (SSSR count). The minimum absolute atomic E-state index is 0.173. The SMILES string of the molecule is OC(c1sccc1Br)(C(F)(F)F)C(F)(F)F. The number of halogens is 7. The zero-order valence-electron chi connectivity index (χ0n) is 7.16. The fraction of sp³-hybridized carbons (Fsp3) is 0.429. The summed E-state index contributed by atoms with van der Waals surface area (Å²) in [6, 6.07) is 1.00. The number of hydrogen-bond acceptors (Lipinski definition) is 2. The summed E-state index contributed by atoms with van der Waals surface area (Å²) in [5, 5.41) is 9.97. The monoisotopic (exact) mass is 328 g/mol. The van der Waals surface area contributed by atoms with Crippen LogP contribution in [0.3, 0.4) is 0 Å². The van der Waals surface area contributed by atoms with Crippen molar-refractivity contribution in [2.75, 3.05) is 0 Å². The van der Waals surface area contributed by atoms with Crippen molar-refractivity contribution in [1.82, 2.24) is 0 Å². The van der Waals surface area contributed by atoms with E-state index in [9.17, 15) is 26.3 Å². The van der Waals surface area contributed by atoms with Crippen LogP contribution in [0.4, 0.5) is 26.3 Å². The third kappa shape index (κ3) is 1.95. The predicted molar refractivity (Wildman–Crippen MR) is 48.0 cm³/mol. The smallest absolute Gasteiger partial charge is 0.369 e. The summed E-state index contributed by atoms with van der Waals surface area (Å²) < 4.78 is 73.7. The summed E-state index contributed by atoms with van der Waals surface area (Å²) in [6.45, 7) is 0. The molecule has 0 aromatic carbocycles. The summed E-state index contributed by atoms with van der Waals surface area (Å²) in [4.78, 5) is -1.23. The lowest BCUT2D eigenvalue weighted by molar-refractivity contribution is -0.375. The number of hydrogen-bond donors (Lipinski definition) is 1. The van der Waals surface area contributed by atoms with Crippen LogP contribution in [-0.4, -0.2) is 17.5 Å². The lowest BCUT2D eigenvalue weighted by Crippen LogP contribution is -2.53. The molecule has 0 saturated carbocycles. The van der Waals surface area contributed by atoms with E-state index < -0.39 is 27.3 Å². The molecule has 92 valence electrons. The lowest BCUT2D eigenvalue weighted by Gasteiger charge is -2.31. The van der Waals surface area contributed by atoms with Gasteiger partial charge in [-0.05, 0) is 27.4 Å². The third-order valence-electron chi connectivity index (χ3n) is 1.77. The molecule has 16 heavy (non-hydrogen) atoms. The Kier molecular flexibility index (Phi) is 3.34. The zero-order valence-corrected chi connectivity index (χ0v) is 9.56. The van der Waals surface area contributed by atoms with Crippen LogP contribution in [0.1, 0.15) is 4.88 Å². The third-order valence-corrected chi connectivity index (χ3v) is 3.71. The number of thiophene rings is 1. The summed E-state index contributed by atoms with van der Waals surface area (Å²) in [5.74, 6) is 0. The van der Waals surface area contributed by atoms with E-state index >= 15 is 0 Å². The van der Waals surface area contributed by atoms with E-state index in [0.717, 1.165) is 11.4 Å². The standard InChI is InChI=1S/C7H3BrF6OS/c8-3-1-2-16-4(3)5(15,6(9,10)11)7(12,13)14/h1-2,15H. The topological polar surface area (TPSA) is 20.2 Å². The van der Waals surface area contributed by atoms with Crippen LogP contribution >= 0.6 is 27.3 Å². The predicted octanol–water partition coefficient (Wildman–Crippen LogP) is 3.82. The molecule has 0 amide bonds. The average molecular weight is 329 g/mol. The molecular formula is C7H3BrF6OS. The van der Waals surface area contributed by atoms with Gasteiger partial charge in [-0.2, -0.15) is 26.3 Å². The van der Waals surface area contributed by atoms with Crippen LogP contribution in [0, 0.1) is 0 Å². The molecule has 0 aliphatic rings. The molecule has 1 N–H and O–H groups in total. The minimum atomic E-state index is -5.83. The van der Waals surface area contributed by atoms with Crippen LogP contribution in [0.5, 0.6) is 0 Å². The number of rotatable bonds is 1. The maximum Gasteiger partial charge on any atom is 0.431 e. The molecule has 0 fully saturated rings. The molecule has 0 spiro atoms. The quantitative estimate of drug-likeness (QED) is 0.777. The fourth-order valence-corrected chi connectivity index (χ4v) is 2.77. The average Bonchev–Trinajstić information content (AvgIpc) is 2.46. The van der Waals surface area contributed by atoms with Gasteiger partial charge in [0.15, 0.2) is 0 Å². The molecule has 0 saturated heterocycles. The first-order chi connectivity index (χ1) is 7.02. The Morgan fingerprint density at radius 2 is 1.50 bits per heavy atom. The van der Waals surface area contributed by atoms with Crippen molar-refractivity contribution in [3.8, 4) is 0 Å². The largest absolute Gasteiger partial charge is 0.431 e. The molecular weight excluding hydrogens is 326 g/mol. The first kappa shape index (κ1) is 13.8. The highest BCUT2D eigenvalue weighted by molar-refractivity contribution is 9.10. The number of aliphatic hydroxyl groups is 1. The van der Waals surface area contributed by atoms with E-state index in [1.54, 1.807) is 0 Å². The molecule has 1 aromatic heterocycles. The van der Waals surface area contributed by atoms with E-state index in [-0.39, 0.29) is 11.3 Å². The molecule has 0 bridgehead atoms. The maximum absolute atomic E-state index is 12.4. The highest BCUT2D eigenvalue weighted by Gasteiger charge is 2.72. The minimum Gasteiger partial charge on any atom is -0.369 e. The Bertz CT molecular complexity index is 367. The van der Waals surface area contributed by atoms with Gasteiger partial charge in [0.2, 0.25) is 0 Å². The first-order valence-electron chi connectivity index (χ1n) is 3.61. The lowest BCUT2D eigenvalue weighted by atomic mass is 10.0. The van der Waals surface area contributed by atoms with Crippen LogP contribution in [-0.2, 0) is 5.60 Å². The second-order valence-corrected chi connectivity index (χ2v) is 4.57. The molecule has 9 heteroatoms. The van der Waals surface area contributed by atoms with Crippen LogP contribution < -0.4 is 0 Å². The summed E-state index contributed by atoms with van der Waals surface area (Å²) in [7, 11) is 0. The van der Waals surface area contributed by atoms with Crippen molar-refractivity contribution < 1.29 is 31.4 Å². The van der Waals surface area contributed by atoms with Crippen LogP contribution in [0.25, 0.3) is 0 Å². The summed E-state index contributed by atoms with van der Waals surface area (Å²) >= 11 is 2.71. The van der Waals surface area contributed by atoms with Crippen molar-refractivity contribution in [2.45, 2.75) is 18.0 Å². The maximum atomic E-state index is 12.4. The van der Waals surface area contributed by atoms with Gasteiger partial charge in [0.1, 0.15) is 0 Å². The zero-order chi connectivity index (χ0) is 12.8. The van der Waals surface area contributed by atoms with Gasteiger partial charge in [0.25, 0.3) is 5.60 Å². The van der Waals surface area contributed by atoms with E-state index in [2.05, 4.69) is 15.9 Å². The molecule has 0 unspecified atom stereocenters. The molecule has 0 aliphatic carbocycles. The highest BCUT2D eigenvalue weighted by Crippen LogP contribution is 2.53. The Hall–Kier alpha value is -0.280. The van der Waals surface area contributed by atoms with Crippen molar-refractivity contribution in [3.05, 3.63) is 20.8 Å². The Labute approximate surface area is 97.8 Å². The van der Waals surface area contributed by atoms with Gasteiger partial charge in [-0.1, -0.05) is 0 Å². The van der Waals surface area contributed by atoms with Gasteiger partial charge >= 0.3 is 12.4 Å². The molecule has 0 atom stereocenters. The van der Waals surface area contributed by atoms with E-state index in [1.807, 2.05) is 0 Å². The Morgan fingerprint density at radius 3 is 1.75 bits per heavy atom. The van der Waals surface area contributed by atoms with Gasteiger partial charge in [0.05, 0.1) is 4.88 Å². The van der Waals surface area contributed by atoms with Crippen molar-refractivity contribution in [1.29, 1.82) is 0 Å². The summed E-state index contributed by atoms with van der Waals surface area (Å²) in [6.07, 6.45) is -11.7. The van der Waals surface area contributed by atoms with E-state index in [4.69, 9.17) is 5.11 Å². The molecule has 1 nitrogen and oxygen atoms in total. The van der Waals surface area contributed by atoms with E-state index in [1.165, 1.54) is 0 Å². The van der Waals surface area contributed by atoms with Gasteiger partial charge in [-0.25, -0.2) is 0 Å². The van der Waals surface area contributed by atoms with Gasteiger partial charge in [0, 0.05) is 4.47 Å². The summed E-state index contributed by atoms with van der Waals surface area (Å²) in [5.41, 5.74) is -4.84. The van der Waals surface area contributed by atoms with Gasteiger partial charge in [-0.15, -0.1) is 11.3 Å². The van der Waals surface area contributed by atoms with Gasteiger partial charge < -0.3 is 5.11 Å². The van der Waals surface area contributed by atoms with Crippen molar-refractivity contribution in [2.24, 2.45) is 0 Å². The van der Waals surface area contributed by atoms with Crippen molar-refractivity contribution in [3.63, 3.8) is 0 Å². The van der Waals surface area contributed by atoms with Gasteiger partial charge in [-0.3, -0.25) is 0 Å². The number of alkyl halides is 6. The molecule has 1 aromatic rings. The van der Waals surface area contributed by atoms with Crippen molar-refractivity contribution >= 4 is 27.3 Å². The normalized spacial score (nSPS) is 14.2. The van der Waals surface area contributed by atoms with E-state index in [0.29, 0.717) is 0 Å². The Balaban J connectivity index is 3.45. The first-order valence-corrected chi connectivity index (χ1v) is 5.28. The van der Waals surface area contributed by atoms with Crippen LogP contribution in [0.15, 0.2) is 15.9 Å². The molecule has 1 heterocycles. The Morgan fingerprint density at radius 1 is 1.06 bits per heavy atom. The fourth-order valence-electron chi connectivity index (χ4n) is 0.970. The highest BCUT2D eigenvalue weighted by atomic mass is 79.9.